The molecule has 154 valence electrons. The van der Waals surface area contributed by atoms with Crippen LogP contribution in [0.25, 0.3) is 11.1 Å². The number of carboxylic acids is 1. The maximum Gasteiger partial charge on any atom is 0.332 e. The van der Waals surface area contributed by atoms with Crippen molar-refractivity contribution < 1.29 is 29.7 Å². The lowest BCUT2D eigenvalue weighted by Gasteiger charge is -2.20. The molecule has 0 radical (unpaired) electrons. The van der Waals surface area contributed by atoms with Crippen LogP contribution in [0.3, 0.4) is 0 Å². The molecule has 0 aliphatic carbocycles. The number of amides is 2. The van der Waals surface area contributed by atoms with Gasteiger partial charge in [0, 0.05) is 17.5 Å². The molecule has 0 aromatic heterocycles. The molecule has 8 nitrogen and oxygen atoms in total. The normalized spacial score (nSPS) is 12.7. The molecular formula is C20H21ClN2O6. The highest BCUT2D eigenvalue weighted by Gasteiger charge is 2.24. The van der Waals surface area contributed by atoms with Gasteiger partial charge < -0.3 is 26.0 Å². The van der Waals surface area contributed by atoms with Crippen molar-refractivity contribution in [3.8, 4) is 11.1 Å². The van der Waals surface area contributed by atoms with Gasteiger partial charge in [0.05, 0.1) is 0 Å². The van der Waals surface area contributed by atoms with E-state index < -0.39 is 36.7 Å². The van der Waals surface area contributed by atoms with Gasteiger partial charge in [-0.25, -0.2) is 4.79 Å². The molecule has 0 heterocycles. The predicted octanol–water partition coefficient (Wildman–Crippen LogP) is 0.936. The Morgan fingerprint density at radius 2 is 1.69 bits per heavy atom. The van der Waals surface area contributed by atoms with Gasteiger partial charge in [-0.3, -0.25) is 9.59 Å². The number of carbonyl (C=O) groups excluding carboxylic acids is 2. The zero-order chi connectivity index (χ0) is 21.4. The summed E-state index contributed by atoms with van der Waals surface area (Å²) in [5, 5.41) is 32.2. The van der Waals surface area contributed by atoms with Crippen molar-refractivity contribution in [3.63, 3.8) is 0 Å². The minimum Gasteiger partial charge on any atom is -0.479 e. The zero-order valence-electron chi connectivity index (χ0n) is 15.3. The Morgan fingerprint density at radius 1 is 1.00 bits per heavy atom. The van der Waals surface area contributed by atoms with E-state index in [0.717, 1.165) is 16.7 Å². The topological polar surface area (TPSA) is 136 Å². The van der Waals surface area contributed by atoms with Gasteiger partial charge in [-0.1, -0.05) is 48.0 Å². The fourth-order valence-electron chi connectivity index (χ4n) is 2.75. The molecule has 0 fully saturated rings. The SMILES string of the molecule is O=C(NCO)C(=O)N[C@H](Cc1ccc(-c2cccc(Cl)c2)cc1)C[C@@H](O)C(=O)O. The van der Waals surface area contributed by atoms with E-state index in [0.29, 0.717) is 5.02 Å². The lowest BCUT2D eigenvalue weighted by atomic mass is 9.98. The first-order chi connectivity index (χ1) is 13.8. The molecule has 2 amide bonds. The molecule has 2 atom stereocenters. The summed E-state index contributed by atoms with van der Waals surface area (Å²) in [6.45, 7) is -0.709. The maximum absolute atomic E-state index is 11.9. The quantitative estimate of drug-likeness (QED) is 0.318. The van der Waals surface area contributed by atoms with Crippen LogP contribution in [0.2, 0.25) is 5.02 Å². The summed E-state index contributed by atoms with van der Waals surface area (Å²) in [5.74, 6) is -3.52. The Hall–Kier alpha value is -2.94. The number of aliphatic hydroxyl groups is 2. The van der Waals surface area contributed by atoms with Crippen LogP contribution in [0.5, 0.6) is 0 Å². The molecule has 2 aromatic carbocycles. The van der Waals surface area contributed by atoms with Gasteiger partial charge in [-0.2, -0.15) is 0 Å². The number of aliphatic hydroxyl groups excluding tert-OH is 2. The summed E-state index contributed by atoms with van der Waals surface area (Å²) >= 11 is 6.01. The highest BCUT2D eigenvalue weighted by atomic mass is 35.5. The van der Waals surface area contributed by atoms with E-state index in [1.165, 1.54) is 0 Å². The molecule has 0 saturated carbocycles. The molecule has 0 bridgehead atoms. The number of hydrogen-bond donors (Lipinski definition) is 5. The lowest BCUT2D eigenvalue weighted by molar-refractivity contribution is -0.147. The predicted molar refractivity (Wildman–Crippen MR) is 106 cm³/mol. The van der Waals surface area contributed by atoms with E-state index in [4.69, 9.17) is 21.8 Å². The average molecular weight is 421 g/mol. The van der Waals surface area contributed by atoms with Gasteiger partial charge in [0.15, 0.2) is 6.10 Å². The second-order valence-electron chi connectivity index (χ2n) is 6.34. The zero-order valence-corrected chi connectivity index (χ0v) is 16.1. The van der Waals surface area contributed by atoms with Gasteiger partial charge in [0.2, 0.25) is 0 Å². The first-order valence-corrected chi connectivity index (χ1v) is 9.13. The standard InChI is InChI=1S/C20H21ClN2O6/c21-15-3-1-2-14(9-15)13-6-4-12(5-7-13)8-16(10-17(25)20(28)29)23-19(27)18(26)22-11-24/h1-7,9,16-17,24-25H,8,10-11H2,(H,22,26)(H,23,27)(H,28,29)/t16-,17-/m1/s1. The van der Waals surface area contributed by atoms with Crippen LogP contribution in [0.15, 0.2) is 48.5 Å². The Balaban J connectivity index is 2.13. The first kappa shape index (κ1) is 22.4. The van der Waals surface area contributed by atoms with Gasteiger partial charge in [-0.15, -0.1) is 0 Å². The van der Waals surface area contributed by atoms with E-state index in [1.54, 1.807) is 18.2 Å². The number of carbonyl (C=O) groups is 3. The Kier molecular flexibility index (Phi) is 8.14. The second-order valence-corrected chi connectivity index (χ2v) is 6.77. The van der Waals surface area contributed by atoms with Crippen LogP contribution in [-0.4, -0.2) is 52.0 Å². The summed E-state index contributed by atoms with van der Waals surface area (Å²) in [4.78, 5) is 34.3. The summed E-state index contributed by atoms with van der Waals surface area (Å²) in [6.07, 6.45) is -1.80. The molecular weight excluding hydrogens is 400 g/mol. The van der Waals surface area contributed by atoms with Crippen LogP contribution in [0.4, 0.5) is 0 Å². The number of aliphatic carboxylic acids is 1. The average Bonchev–Trinajstić information content (AvgIpc) is 2.68. The van der Waals surface area contributed by atoms with E-state index >= 15 is 0 Å². The third-order valence-corrected chi connectivity index (χ3v) is 4.40. The van der Waals surface area contributed by atoms with Crippen LogP contribution in [0.1, 0.15) is 12.0 Å². The minimum atomic E-state index is -1.70. The Morgan fingerprint density at radius 3 is 2.28 bits per heavy atom. The number of halogens is 1. The minimum absolute atomic E-state index is 0.193. The number of benzene rings is 2. The van der Waals surface area contributed by atoms with E-state index in [9.17, 15) is 19.5 Å². The Bertz CT molecular complexity index is 872. The van der Waals surface area contributed by atoms with Crippen molar-refractivity contribution in [1.82, 2.24) is 10.6 Å². The fourth-order valence-corrected chi connectivity index (χ4v) is 2.94. The van der Waals surface area contributed by atoms with Gasteiger partial charge >= 0.3 is 17.8 Å². The number of nitrogens with one attached hydrogen (secondary N) is 2. The monoisotopic (exact) mass is 420 g/mol. The highest BCUT2D eigenvalue weighted by Crippen LogP contribution is 2.23. The summed E-state index contributed by atoms with van der Waals surface area (Å²) < 4.78 is 0. The molecule has 0 aliphatic heterocycles. The largest absolute Gasteiger partial charge is 0.479 e. The number of rotatable bonds is 8. The lowest BCUT2D eigenvalue weighted by Crippen LogP contribution is -2.47. The fraction of sp³-hybridized carbons (Fsp3) is 0.250. The van der Waals surface area contributed by atoms with Crippen LogP contribution >= 0.6 is 11.6 Å². The molecule has 29 heavy (non-hydrogen) atoms. The van der Waals surface area contributed by atoms with Crippen molar-refractivity contribution in [3.05, 3.63) is 59.1 Å². The molecule has 0 unspecified atom stereocenters. The summed E-state index contributed by atoms with van der Waals surface area (Å²) in [6, 6.07) is 13.8. The number of carboxylic acid groups (broad SMARTS) is 1. The van der Waals surface area contributed by atoms with Crippen LogP contribution in [0, 0.1) is 0 Å². The molecule has 9 heteroatoms. The van der Waals surface area contributed by atoms with E-state index in [1.807, 2.05) is 35.6 Å². The van der Waals surface area contributed by atoms with Crippen LogP contribution in [-0.2, 0) is 20.8 Å². The third-order valence-electron chi connectivity index (χ3n) is 4.17. The van der Waals surface area contributed by atoms with Crippen LogP contribution < -0.4 is 10.6 Å². The van der Waals surface area contributed by atoms with Gasteiger partial charge in [0.1, 0.15) is 6.73 Å². The summed E-state index contributed by atoms with van der Waals surface area (Å²) in [5.41, 5.74) is 2.61. The smallest absolute Gasteiger partial charge is 0.332 e. The molecule has 5 N–H and O–H groups in total. The van der Waals surface area contributed by atoms with Crippen molar-refractivity contribution >= 4 is 29.4 Å². The van der Waals surface area contributed by atoms with Gasteiger partial charge in [0.25, 0.3) is 0 Å². The van der Waals surface area contributed by atoms with E-state index in [-0.39, 0.29) is 12.8 Å². The highest BCUT2D eigenvalue weighted by molar-refractivity contribution is 6.35. The molecule has 0 spiro atoms. The molecule has 2 aromatic rings. The maximum atomic E-state index is 11.9. The number of hydrogen-bond acceptors (Lipinski definition) is 5. The molecule has 2 rings (SSSR count). The second kappa shape index (κ2) is 10.6. The third kappa shape index (κ3) is 6.86. The summed E-state index contributed by atoms with van der Waals surface area (Å²) in [7, 11) is 0. The van der Waals surface area contributed by atoms with Crippen molar-refractivity contribution in [1.29, 1.82) is 0 Å². The van der Waals surface area contributed by atoms with Crippen molar-refractivity contribution in [2.24, 2.45) is 0 Å². The van der Waals surface area contributed by atoms with Gasteiger partial charge in [-0.05, 0) is 35.2 Å². The molecule has 0 aliphatic rings. The first-order valence-electron chi connectivity index (χ1n) is 8.75. The Labute approximate surface area is 172 Å². The van der Waals surface area contributed by atoms with Crippen molar-refractivity contribution in [2.75, 3.05) is 6.73 Å². The molecule has 0 saturated heterocycles. The van der Waals surface area contributed by atoms with Crippen molar-refractivity contribution in [2.45, 2.75) is 25.0 Å². The van der Waals surface area contributed by atoms with E-state index in [2.05, 4.69) is 5.32 Å².